The van der Waals surface area contributed by atoms with Crippen molar-refractivity contribution in [2.24, 2.45) is 5.92 Å². The first-order valence-electron chi connectivity index (χ1n) is 7.52. The number of thioether (sulfide) groups is 1. The average molecular weight is 355 g/mol. The highest BCUT2D eigenvalue weighted by Crippen LogP contribution is 2.33. The van der Waals surface area contributed by atoms with E-state index in [-0.39, 0.29) is 17.7 Å². The van der Waals surface area contributed by atoms with Crippen LogP contribution in [0.3, 0.4) is 0 Å². The third-order valence-electron chi connectivity index (χ3n) is 3.76. The first kappa shape index (κ1) is 19.7. The molecule has 126 valence electrons. The molecule has 1 heterocycles. The predicted octanol–water partition coefficient (Wildman–Crippen LogP) is 3.79. The molecular formula is C16H23ClN4OS. The predicted molar refractivity (Wildman–Crippen MR) is 93.4 cm³/mol. The molecule has 0 saturated heterocycles. The summed E-state index contributed by atoms with van der Waals surface area (Å²) in [6.45, 7) is 11.3. The zero-order valence-electron chi connectivity index (χ0n) is 14.3. The third-order valence-corrected chi connectivity index (χ3v) is 5.34. The monoisotopic (exact) mass is 354 g/mol. The number of amides is 1. The van der Waals surface area contributed by atoms with Gasteiger partial charge in [-0.25, -0.2) is 9.97 Å². The largest absolute Gasteiger partial charge is 0.337 e. The molecule has 1 N–H and O–H groups in total. The second-order valence-electron chi connectivity index (χ2n) is 6.25. The van der Waals surface area contributed by atoms with Crippen molar-refractivity contribution >= 4 is 29.3 Å². The Balaban J connectivity index is 2.89. The van der Waals surface area contributed by atoms with Gasteiger partial charge in [-0.1, -0.05) is 51.1 Å². The van der Waals surface area contributed by atoms with Crippen molar-refractivity contribution in [1.29, 1.82) is 5.26 Å². The van der Waals surface area contributed by atoms with E-state index in [0.29, 0.717) is 10.0 Å². The highest BCUT2D eigenvalue weighted by atomic mass is 35.5. The normalized spacial score (nSPS) is 15.1. The van der Waals surface area contributed by atoms with Crippen LogP contribution in [0.5, 0.6) is 0 Å². The summed E-state index contributed by atoms with van der Waals surface area (Å²) in [5.41, 5.74) is -0.134. The molecule has 0 aliphatic heterocycles. The van der Waals surface area contributed by atoms with Crippen LogP contribution in [0.15, 0.2) is 11.4 Å². The standard InChI is InChI=1S/C16H23ClN4OS/c1-9(2)13-12(17)15(20-8-19-13)23-11(5)14(22)21-16(6,7-18)10(3)4/h8-11H,1-6H3,(H,21,22). The van der Waals surface area contributed by atoms with Crippen molar-refractivity contribution < 1.29 is 4.79 Å². The maximum absolute atomic E-state index is 12.4. The van der Waals surface area contributed by atoms with Gasteiger partial charge < -0.3 is 5.32 Å². The Hall–Kier alpha value is -1.32. The minimum atomic E-state index is -0.898. The van der Waals surface area contributed by atoms with Crippen LogP contribution in [0.4, 0.5) is 0 Å². The van der Waals surface area contributed by atoms with E-state index in [1.807, 2.05) is 27.7 Å². The number of nitrogens with zero attached hydrogens (tertiary/aromatic N) is 3. The number of nitrogens with one attached hydrogen (secondary N) is 1. The van der Waals surface area contributed by atoms with E-state index < -0.39 is 10.8 Å². The molecule has 0 fully saturated rings. The lowest BCUT2D eigenvalue weighted by Gasteiger charge is -2.28. The van der Waals surface area contributed by atoms with Crippen LogP contribution in [0.1, 0.15) is 53.2 Å². The molecule has 5 nitrogen and oxygen atoms in total. The molecule has 0 bridgehead atoms. The van der Waals surface area contributed by atoms with Crippen molar-refractivity contribution in [3.8, 4) is 6.07 Å². The summed E-state index contributed by atoms with van der Waals surface area (Å²) in [7, 11) is 0. The molecule has 0 aliphatic carbocycles. The minimum Gasteiger partial charge on any atom is -0.337 e. The van der Waals surface area contributed by atoms with E-state index in [9.17, 15) is 10.1 Å². The van der Waals surface area contributed by atoms with Gasteiger partial charge in [-0.15, -0.1) is 0 Å². The maximum atomic E-state index is 12.4. The molecule has 1 aromatic heterocycles. The second kappa shape index (κ2) is 7.98. The summed E-state index contributed by atoms with van der Waals surface area (Å²) in [6.07, 6.45) is 1.46. The van der Waals surface area contributed by atoms with Crippen molar-refractivity contribution in [2.45, 2.75) is 63.3 Å². The van der Waals surface area contributed by atoms with Crippen molar-refractivity contribution in [1.82, 2.24) is 15.3 Å². The van der Waals surface area contributed by atoms with Gasteiger partial charge in [0, 0.05) is 0 Å². The van der Waals surface area contributed by atoms with E-state index in [2.05, 4.69) is 21.4 Å². The minimum absolute atomic E-state index is 0.00355. The third kappa shape index (κ3) is 4.82. The molecule has 0 radical (unpaired) electrons. The lowest BCUT2D eigenvalue weighted by Crippen LogP contribution is -2.51. The van der Waals surface area contributed by atoms with Gasteiger partial charge in [0.05, 0.1) is 22.0 Å². The Kier molecular flexibility index (Phi) is 6.84. The molecule has 0 aliphatic rings. The topological polar surface area (TPSA) is 78.7 Å². The van der Waals surface area contributed by atoms with Crippen molar-refractivity contribution in [3.63, 3.8) is 0 Å². The van der Waals surface area contributed by atoms with Gasteiger partial charge in [-0.2, -0.15) is 5.26 Å². The molecule has 0 aromatic carbocycles. The fraction of sp³-hybridized carbons (Fsp3) is 0.625. The fourth-order valence-electron chi connectivity index (χ4n) is 1.73. The number of halogens is 1. The number of carbonyl (C=O) groups is 1. The fourth-order valence-corrected chi connectivity index (χ4v) is 3.00. The van der Waals surface area contributed by atoms with E-state index in [1.54, 1.807) is 13.8 Å². The quantitative estimate of drug-likeness (QED) is 0.621. The summed E-state index contributed by atoms with van der Waals surface area (Å²) < 4.78 is 0. The van der Waals surface area contributed by atoms with Crippen LogP contribution in [0.2, 0.25) is 5.02 Å². The molecule has 7 heteroatoms. The van der Waals surface area contributed by atoms with Crippen LogP contribution >= 0.6 is 23.4 Å². The first-order chi connectivity index (χ1) is 10.6. The van der Waals surface area contributed by atoms with Crippen LogP contribution in [-0.2, 0) is 4.79 Å². The van der Waals surface area contributed by atoms with Crippen molar-refractivity contribution in [3.05, 3.63) is 17.0 Å². The Morgan fingerprint density at radius 3 is 2.43 bits per heavy atom. The molecule has 0 saturated carbocycles. The molecule has 23 heavy (non-hydrogen) atoms. The zero-order valence-corrected chi connectivity index (χ0v) is 15.9. The van der Waals surface area contributed by atoms with E-state index >= 15 is 0 Å². The molecule has 1 amide bonds. The summed E-state index contributed by atoms with van der Waals surface area (Å²) in [5.74, 6) is -0.0332. The first-order valence-corrected chi connectivity index (χ1v) is 8.78. The van der Waals surface area contributed by atoms with Gasteiger partial charge in [0.2, 0.25) is 5.91 Å². The SMILES string of the molecule is CC(Sc1ncnc(C(C)C)c1Cl)C(=O)NC(C)(C#N)C(C)C. The Bertz CT molecular complexity index is 615. The highest BCUT2D eigenvalue weighted by Gasteiger charge is 2.32. The van der Waals surface area contributed by atoms with Gasteiger partial charge in [0.25, 0.3) is 0 Å². The smallest absolute Gasteiger partial charge is 0.234 e. The highest BCUT2D eigenvalue weighted by molar-refractivity contribution is 8.00. The molecule has 1 aromatic rings. The molecular weight excluding hydrogens is 332 g/mol. The van der Waals surface area contributed by atoms with E-state index in [0.717, 1.165) is 5.69 Å². The van der Waals surface area contributed by atoms with Gasteiger partial charge in [-0.05, 0) is 25.7 Å². The summed E-state index contributed by atoms with van der Waals surface area (Å²) in [6, 6.07) is 2.17. The Morgan fingerprint density at radius 2 is 1.96 bits per heavy atom. The number of aromatic nitrogens is 2. The van der Waals surface area contributed by atoms with Crippen LogP contribution < -0.4 is 5.32 Å². The molecule has 2 atom stereocenters. The lowest BCUT2D eigenvalue weighted by molar-refractivity contribution is -0.121. The summed E-state index contributed by atoms with van der Waals surface area (Å²) in [5, 5.41) is 12.8. The lowest BCUT2D eigenvalue weighted by atomic mass is 9.90. The van der Waals surface area contributed by atoms with Crippen molar-refractivity contribution in [2.75, 3.05) is 0 Å². The Labute approximate surface area is 147 Å². The number of nitriles is 1. The van der Waals surface area contributed by atoms with Crippen LogP contribution in [0.25, 0.3) is 0 Å². The number of hydrogen-bond acceptors (Lipinski definition) is 5. The molecule has 2 unspecified atom stereocenters. The van der Waals surface area contributed by atoms with Gasteiger partial charge in [0.15, 0.2) is 0 Å². The van der Waals surface area contributed by atoms with Gasteiger partial charge in [-0.3, -0.25) is 4.79 Å². The number of carbonyl (C=O) groups excluding carboxylic acids is 1. The average Bonchev–Trinajstić information content (AvgIpc) is 2.48. The molecule has 0 spiro atoms. The summed E-state index contributed by atoms with van der Waals surface area (Å²) in [4.78, 5) is 20.7. The van der Waals surface area contributed by atoms with E-state index in [1.165, 1.54) is 18.1 Å². The number of hydrogen-bond donors (Lipinski definition) is 1. The Morgan fingerprint density at radius 1 is 1.35 bits per heavy atom. The van der Waals surface area contributed by atoms with Crippen LogP contribution in [-0.4, -0.2) is 26.7 Å². The molecule has 1 rings (SSSR count). The summed E-state index contributed by atoms with van der Waals surface area (Å²) >= 11 is 7.60. The maximum Gasteiger partial charge on any atom is 0.234 e. The second-order valence-corrected chi connectivity index (χ2v) is 7.96. The zero-order chi connectivity index (χ0) is 17.8. The van der Waals surface area contributed by atoms with Gasteiger partial charge >= 0.3 is 0 Å². The van der Waals surface area contributed by atoms with Gasteiger partial charge in [0.1, 0.15) is 16.9 Å². The van der Waals surface area contributed by atoms with Crippen LogP contribution in [0, 0.1) is 17.2 Å². The van der Waals surface area contributed by atoms with E-state index in [4.69, 9.17) is 11.6 Å². The number of rotatable bonds is 6.